The number of nitrogens with one attached hydrogen (secondary N) is 1. The van der Waals surface area contributed by atoms with Crippen LogP contribution in [0.3, 0.4) is 0 Å². The molecule has 0 aromatic heterocycles. The minimum Gasteiger partial charge on any atom is -0.503 e. The molecule has 2 aromatic rings. The zero-order chi connectivity index (χ0) is 15.7. The van der Waals surface area contributed by atoms with Gasteiger partial charge in [-0.1, -0.05) is 24.3 Å². The van der Waals surface area contributed by atoms with Crippen LogP contribution in [0.4, 0.5) is 8.78 Å². The van der Waals surface area contributed by atoms with Gasteiger partial charge in [-0.25, -0.2) is 8.78 Å². The van der Waals surface area contributed by atoms with Gasteiger partial charge in [0.1, 0.15) is 5.60 Å². The second-order valence-electron chi connectivity index (χ2n) is 5.70. The minimum atomic E-state index is -0.985. The number of aromatic hydroxyl groups is 1. The van der Waals surface area contributed by atoms with Crippen molar-refractivity contribution in [3.63, 3.8) is 0 Å². The summed E-state index contributed by atoms with van der Waals surface area (Å²) in [7, 11) is 0. The highest BCUT2D eigenvalue weighted by atomic mass is 19.1. The van der Waals surface area contributed by atoms with Gasteiger partial charge in [0, 0.05) is 13.1 Å². The Morgan fingerprint density at radius 2 is 1.82 bits per heavy atom. The summed E-state index contributed by atoms with van der Waals surface area (Å²) in [6.45, 7) is 0.507. The fourth-order valence-electron chi connectivity index (χ4n) is 2.99. The largest absolute Gasteiger partial charge is 0.503 e. The summed E-state index contributed by atoms with van der Waals surface area (Å²) in [6.07, 6.45) is 1.44. The molecular formula is C17H17F2NO2. The highest BCUT2D eigenvalue weighted by Crippen LogP contribution is 2.36. The first kappa shape index (κ1) is 14.9. The summed E-state index contributed by atoms with van der Waals surface area (Å²) >= 11 is 0. The van der Waals surface area contributed by atoms with Crippen LogP contribution >= 0.6 is 0 Å². The molecule has 2 aromatic carbocycles. The third-order valence-electron chi connectivity index (χ3n) is 4.15. The summed E-state index contributed by atoms with van der Waals surface area (Å²) in [6, 6.07) is 9.90. The van der Waals surface area contributed by atoms with Crippen LogP contribution in [0.15, 0.2) is 36.4 Å². The van der Waals surface area contributed by atoms with Gasteiger partial charge in [-0.05, 0) is 41.7 Å². The number of hydrogen-bond acceptors (Lipinski definition) is 3. The van der Waals surface area contributed by atoms with E-state index < -0.39 is 23.0 Å². The van der Waals surface area contributed by atoms with Gasteiger partial charge in [0.05, 0.1) is 0 Å². The van der Waals surface area contributed by atoms with E-state index in [0.717, 1.165) is 29.7 Å². The number of hydrogen-bond donors (Lipinski definition) is 3. The molecule has 3 rings (SSSR count). The first-order valence-electron chi connectivity index (χ1n) is 7.18. The van der Waals surface area contributed by atoms with Crippen molar-refractivity contribution in [3.05, 3.63) is 64.7 Å². The van der Waals surface area contributed by atoms with E-state index in [-0.39, 0.29) is 6.54 Å². The normalized spacial score (nSPS) is 20.1. The smallest absolute Gasteiger partial charge is 0.187 e. The van der Waals surface area contributed by atoms with E-state index in [1.54, 1.807) is 0 Å². The van der Waals surface area contributed by atoms with Gasteiger partial charge in [-0.2, -0.15) is 0 Å². The lowest BCUT2D eigenvalue weighted by atomic mass is 9.96. The molecule has 0 heterocycles. The first-order valence-corrected chi connectivity index (χ1v) is 7.18. The Morgan fingerprint density at radius 1 is 1.14 bits per heavy atom. The molecule has 0 fully saturated rings. The SMILES string of the molecule is Oc1c(F)cc(CNCC2(O)CCc3ccccc32)cc1F. The monoisotopic (exact) mass is 305 g/mol. The number of fused-ring (bicyclic) bond motifs is 1. The molecule has 5 heteroatoms. The molecular weight excluding hydrogens is 288 g/mol. The van der Waals surface area contributed by atoms with Crippen LogP contribution in [-0.2, 0) is 18.6 Å². The Morgan fingerprint density at radius 3 is 2.55 bits per heavy atom. The van der Waals surface area contributed by atoms with Crippen LogP contribution in [0.25, 0.3) is 0 Å². The van der Waals surface area contributed by atoms with Crippen LogP contribution < -0.4 is 5.32 Å². The number of phenolic OH excluding ortho intramolecular Hbond substituents is 1. The molecule has 0 saturated heterocycles. The second-order valence-corrected chi connectivity index (χ2v) is 5.70. The fourth-order valence-corrected chi connectivity index (χ4v) is 2.99. The van der Waals surface area contributed by atoms with Crippen LogP contribution in [0.2, 0.25) is 0 Å². The minimum absolute atomic E-state index is 0.207. The highest BCUT2D eigenvalue weighted by molar-refractivity contribution is 5.37. The Kier molecular flexibility index (Phi) is 3.85. The number of halogens is 2. The first-order chi connectivity index (χ1) is 10.5. The lowest BCUT2D eigenvalue weighted by molar-refractivity contribution is 0.0384. The lowest BCUT2D eigenvalue weighted by Crippen LogP contribution is -2.36. The maximum atomic E-state index is 13.3. The number of aliphatic hydroxyl groups is 1. The van der Waals surface area contributed by atoms with Crippen molar-refractivity contribution in [3.8, 4) is 5.75 Å². The van der Waals surface area contributed by atoms with E-state index in [2.05, 4.69) is 5.32 Å². The number of aryl methyl sites for hydroxylation is 1. The molecule has 1 aliphatic rings. The summed E-state index contributed by atoms with van der Waals surface area (Å²) in [5, 5.41) is 22.8. The van der Waals surface area contributed by atoms with E-state index in [0.29, 0.717) is 18.5 Å². The van der Waals surface area contributed by atoms with Crippen molar-refractivity contribution < 1.29 is 19.0 Å². The number of phenols is 1. The molecule has 1 aliphatic carbocycles. The zero-order valence-corrected chi connectivity index (χ0v) is 11.9. The molecule has 0 radical (unpaired) electrons. The van der Waals surface area contributed by atoms with E-state index in [4.69, 9.17) is 5.11 Å². The maximum Gasteiger partial charge on any atom is 0.187 e. The van der Waals surface area contributed by atoms with Crippen molar-refractivity contribution in [2.45, 2.75) is 25.0 Å². The molecule has 0 saturated carbocycles. The summed E-state index contributed by atoms with van der Waals surface area (Å²) in [4.78, 5) is 0. The van der Waals surface area contributed by atoms with Gasteiger partial charge < -0.3 is 15.5 Å². The van der Waals surface area contributed by atoms with Crippen molar-refractivity contribution in [2.75, 3.05) is 6.54 Å². The molecule has 22 heavy (non-hydrogen) atoms. The van der Waals surface area contributed by atoms with Crippen LogP contribution in [0.1, 0.15) is 23.1 Å². The standard InChI is InChI=1S/C17H17F2NO2/c18-14-7-11(8-15(19)16(14)21)9-20-10-17(22)6-5-12-3-1-2-4-13(12)17/h1-4,7-8,20-22H,5-6,9-10H2. The Bertz CT molecular complexity index is 682. The molecule has 0 aliphatic heterocycles. The molecule has 3 nitrogen and oxygen atoms in total. The fraction of sp³-hybridized carbons (Fsp3) is 0.294. The van der Waals surface area contributed by atoms with Crippen molar-refractivity contribution in [1.82, 2.24) is 5.32 Å². The lowest BCUT2D eigenvalue weighted by Gasteiger charge is -2.24. The average molecular weight is 305 g/mol. The molecule has 1 atom stereocenters. The predicted octanol–water partition coefficient (Wildman–Crippen LogP) is 2.59. The Balaban J connectivity index is 1.67. The summed E-state index contributed by atoms with van der Waals surface area (Å²) in [5.74, 6) is -2.93. The topological polar surface area (TPSA) is 52.5 Å². The zero-order valence-electron chi connectivity index (χ0n) is 11.9. The van der Waals surface area contributed by atoms with E-state index in [9.17, 15) is 13.9 Å². The van der Waals surface area contributed by atoms with Gasteiger partial charge >= 0.3 is 0 Å². The van der Waals surface area contributed by atoms with Gasteiger partial charge in [-0.15, -0.1) is 0 Å². The predicted molar refractivity (Wildman–Crippen MR) is 78.4 cm³/mol. The Hall–Kier alpha value is -1.98. The maximum absolute atomic E-state index is 13.3. The van der Waals surface area contributed by atoms with Gasteiger partial charge in [0.15, 0.2) is 17.4 Å². The average Bonchev–Trinajstić information content (AvgIpc) is 2.83. The third kappa shape index (κ3) is 2.69. The Labute approximate surface area is 127 Å². The number of benzene rings is 2. The van der Waals surface area contributed by atoms with Crippen LogP contribution in [-0.4, -0.2) is 16.8 Å². The highest BCUT2D eigenvalue weighted by Gasteiger charge is 2.35. The molecule has 3 N–H and O–H groups in total. The van der Waals surface area contributed by atoms with E-state index in [1.165, 1.54) is 0 Å². The molecule has 0 amide bonds. The van der Waals surface area contributed by atoms with E-state index >= 15 is 0 Å². The summed E-state index contributed by atoms with van der Waals surface area (Å²) < 4.78 is 26.5. The molecule has 0 bridgehead atoms. The van der Waals surface area contributed by atoms with Crippen molar-refractivity contribution in [1.29, 1.82) is 0 Å². The third-order valence-corrected chi connectivity index (χ3v) is 4.15. The molecule has 116 valence electrons. The number of rotatable bonds is 4. The van der Waals surface area contributed by atoms with Crippen LogP contribution in [0, 0.1) is 11.6 Å². The van der Waals surface area contributed by atoms with Crippen molar-refractivity contribution in [2.24, 2.45) is 0 Å². The quantitative estimate of drug-likeness (QED) is 0.814. The van der Waals surface area contributed by atoms with Gasteiger partial charge in [-0.3, -0.25) is 0 Å². The van der Waals surface area contributed by atoms with E-state index in [1.807, 2.05) is 24.3 Å². The molecule has 0 spiro atoms. The second kappa shape index (κ2) is 5.66. The molecule has 1 unspecified atom stereocenters. The van der Waals surface area contributed by atoms with Gasteiger partial charge in [0.25, 0.3) is 0 Å². The van der Waals surface area contributed by atoms with Crippen molar-refractivity contribution >= 4 is 0 Å². The summed E-state index contributed by atoms with van der Waals surface area (Å²) in [5.41, 5.74) is 1.46. The van der Waals surface area contributed by atoms with Gasteiger partial charge in [0.2, 0.25) is 0 Å². The van der Waals surface area contributed by atoms with Crippen LogP contribution in [0.5, 0.6) is 5.75 Å².